The highest BCUT2D eigenvalue weighted by atomic mass is 16.5. The minimum Gasteiger partial charge on any atom is -0.490 e. The summed E-state index contributed by atoms with van der Waals surface area (Å²) in [6, 6.07) is 0. The molecular formula is C11H19NO. The van der Waals surface area contributed by atoms with Crippen molar-refractivity contribution in [1.82, 2.24) is 4.90 Å². The lowest BCUT2D eigenvalue weighted by atomic mass is 10.0. The first kappa shape index (κ1) is 10.4. The molecule has 1 heterocycles. The monoisotopic (exact) mass is 181 g/mol. The zero-order valence-electron chi connectivity index (χ0n) is 8.68. The maximum atomic E-state index is 5.35. The van der Waals surface area contributed by atoms with E-state index < -0.39 is 0 Å². The van der Waals surface area contributed by atoms with Gasteiger partial charge in [0.25, 0.3) is 0 Å². The molecule has 2 nitrogen and oxygen atoms in total. The molecule has 0 saturated carbocycles. The van der Waals surface area contributed by atoms with Gasteiger partial charge in [0, 0.05) is 26.1 Å². The molecule has 0 radical (unpaired) electrons. The van der Waals surface area contributed by atoms with Gasteiger partial charge in [-0.25, -0.2) is 0 Å². The topological polar surface area (TPSA) is 12.5 Å². The molecule has 0 aromatic rings. The van der Waals surface area contributed by atoms with E-state index in [2.05, 4.69) is 24.1 Å². The van der Waals surface area contributed by atoms with Crippen molar-refractivity contribution in [1.29, 1.82) is 0 Å². The lowest BCUT2D eigenvalue weighted by Gasteiger charge is -2.37. The normalized spacial score (nSPS) is 17.7. The molecule has 0 N–H and O–H groups in total. The van der Waals surface area contributed by atoms with Crippen LogP contribution in [0.3, 0.4) is 0 Å². The standard InChI is InChI=1S/C11H19NO/c1-4-11(13-5-2)6-7-12-8-10(3)9-12/h10H,1,5-9H2,2-3H3. The van der Waals surface area contributed by atoms with Gasteiger partial charge in [0.05, 0.1) is 6.61 Å². The molecule has 1 rings (SSSR count). The highest BCUT2D eigenvalue weighted by Gasteiger charge is 2.21. The van der Waals surface area contributed by atoms with E-state index in [1.54, 1.807) is 0 Å². The Morgan fingerprint density at radius 2 is 2.31 bits per heavy atom. The Morgan fingerprint density at radius 1 is 1.62 bits per heavy atom. The number of likely N-dealkylation sites (tertiary alicyclic amines) is 1. The molecule has 1 aliphatic rings. The maximum absolute atomic E-state index is 5.35. The van der Waals surface area contributed by atoms with E-state index in [1.807, 2.05) is 6.92 Å². The second kappa shape index (κ2) is 5.11. The van der Waals surface area contributed by atoms with E-state index in [0.717, 1.165) is 24.6 Å². The molecule has 0 aliphatic carbocycles. The zero-order valence-corrected chi connectivity index (χ0v) is 8.68. The van der Waals surface area contributed by atoms with Crippen molar-refractivity contribution in [2.45, 2.75) is 20.3 Å². The molecule has 0 bridgehead atoms. The van der Waals surface area contributed by atoms with Crippen LogP contribution in [-0.2, 0) is 4.74 Å². The summed E-state index contributed by atoms with van der Waals surface area (Å²) in [7, 11) is 0. The summed E-state index contributed by atoms with van der Waals surface area (Å²) in [6.07, 6.45) is 0.948. The summed E-state index contributed by atoms with van der Waals surface area (Å²) in [5.41, 5.74) is 2.84. The van der Waals surface area contributed by atoms with Gasteiger partial charge in [0.15, 0.2) is 0 Å². The SMILES string of the molecule is C=C=C(CCN1CC(C)C1)OCC. The Kier molecular flexibility index (Phi) is 4.07. The summed E-state index contributed by atoms with van der Waals surface area (Å²) < 4.78 is 5.35. The summed E-state index contributed by atoms with van der Waals surface area (Å²) in [5, 5.41) is 0. The average Bonchev–Trinajstić information content (AvgIpc) is 2.08. The first-order valence-corrected chi connectivity index (χ1v) is 5.00. The van der Waals surface area contributed by atoms with Crippen molar-refractivity contribution < 1.29 is 4.74 Å². The number of nitrogens with zero attached hydrogens (tertiary/aromatic N) is 1. The average molecular weight is 181 g/mol. The van der Waals surface area contributed by atoms with Crippen LogP contribution in [0.5, 0.6) is 0 Å². The Labute approximate surface area is 80.9 Å². The summed E-state index contributed by atoms with van der Waals surface area (Å²) in [5.74, 6) is 1.78. The predicted molar refractivity (Wildman–Crippen MR) is 54.5 cm³/mol. The molecule has 0 aromatic carbocycles. The number of rotatable bonds is 5. The minimum atomic E-state index is 0.717. The van der Waals surface area contributed by atoms with Crippen LogP contribution in [0.1, 0.15) is 20.3 Å². The van der Waals surface area contributed by atoms with Crippen LogP contribution in [0.4, 0.5) is 0 Å². The van der Waals surface area contributed by atoms with E-state index in [1.165, 1.54) is 13.1 Å². The van der Waals surface area contributed by atoms with Gasteiger partial charge in [0.1, 0.15) is 5.76 Å². The van der Waals surface area contributed by atoms with Crippen molar-refractivity contribution in [3.05, 3.63) is 18.1 Å². The van der Waals surface area contributed by atoms with Crippen molar-refractivity contribution in [3.63, 3.8) is 0 Å². The molecule has 1 saturated heterocycles. The summed E-state index contributed by atoms with van der Waals surface area (Å²) in [4.78, 5) is 2.43. The molecule has 0 unspecified atom stereocenters. The molecule has 1 aliphatic heterocycles. The third-order valence-corrected chi connectivity index (χ3v) is 2.31. The second-order valence-corrected chi connectivity index (χ2v) is 3.65. The van der Waals surface area contributed by atoms with Crippen LogP contribution in [0.15, 0.2) is 18.1 Å². The van der Waals surface area contributed by atoms with Crippen LogP contribution in [-0.4, -0.2) is 31.1 Å². The highest BCUT2D eigenvalue weighted by molar-refractivity contribution is 4.91. The minimum absolute atomic E-state index is 0.717. The van der Waals surface area contributed by atoms with Crippen molar-refractivity contribution in [2.75, 3.05) is 26.2 Å². The van der Waals surface area contributed by atoms with E-state index in [4.69, 9.17) is 4.74 Å². The van der Waals surface area contributed by atoms with E-state index in [0.29, 0.717) is 6.61 Å². The van der Waals surface area contributed by atoms with Gasteiger partial charge in [-0.1, -0.05) is 19.2 Å². The zero-order chi connectivity index (χ0) is 9.68. The van der Waals surface area contributed by atoms with E-state index in [9.17, 15) is 0 Å². The van der Waals surface area contributed by atoms with E-state index >= 15 is 0 Å². The van der Waals surface area contributed by atoms with Crippen molar-refractivity contribution in [3.8, 4) is 0 Å². The first-order chi connectivity index (χ1) is 6.26. The Morgan fingerprint density at radius 3 is 2.77 bits per heavy atom. The first-order valence-electron chi connectivity index (χ1n) is 5.00. The fourth-order valence-corrected chi connectivity index (χ4v) is 1.66. The van der Waals surface area contributed by atoms with Gasteiger partial charge in [-0.2, -0.15) is 0 Å². The summed E-state index contributed by atoms with van der Waals surface area (Å²) in [6.45, 7) is 12.1. The van der Waals surface area contributed by atoms with Gasteiger partial charge in [-0.05, 0) is 12.8 Å². The third kappa shape index (κ3) is 3.25. The van der Waals surface area contributed by atoms with Crippen LogP contribution >= 0.6 is 0 Å². The lowest BCUT2D eigenvalue weighted by Crippen LogP contribution is -2.45. The van der Waals surface area contributed by atoms with Crippen LogP contribution in [0.25, 0.3) is 0 Å². The lowest BCUT2D eigenvalue weighted by molar-refractivity contribution is 0.105. The van der Waals surface area contributed by atoms with Crippen LogP contribution in [0.2, 0.25) is 0 Å². The van der Waals surface area contributed by atoms with Crippen molar-refractivity contribution >= 4 is 0 Å². The molecule has 0 spiro atoms. The van der Waals surface area contributed by atoms with Crippen LogP contribution in [0, 0.1) is 5.92 Å². The number of ether oxygens (including phenoxy) is 1. The van der Waals surface area contributed by atoms with Crippen LogP contribution < -0.4 is 0 Å². The van der Waals surface area contributed by atoms with Gasteiger partial charge in [0.2, 0.25) is 0 Å². The Bertz CT molecular complexity index is 200. The molecule has 13 heavy (non-hydrogen) atoms. The van der Waals surface area contributed by atoms with Gasteiger partial charge < -0.3 is 9.64 Å². The molecule has 1 fully saturated rings. The van der Waals surface area contributed by atoms with E-state index in [-0.39, 0.29) is 0 Å². The van der Waals surface area contributed by atoms with Crippen molar-refractivity contribution in [2.24, 2.45) is 5.92 Å². The van der Waals surface area contributed by atoms with Gasteiger partial charge >= 0.3 is 0 Å². The second-order valence-electron chi connectivity index (χ2n) is 3.65. The largest absolute Gasteiger partial charge is 0.490 e. The highest BCUT2D eigenvalue weighted by Crippen LogP contribution is 2.15. The number of hydrogen-bond acceptors (Lipinski definition) is 2. The maximum Gasteiger partial charge on any atom is 0.139 e. The Balaban J connectivity index is 2.14. The fourth-order valence-electron chi connectivity index (χ4n) is 1.66. The molecule has 2 heteroatoms. The fraction of sp³-hybridized carbons (Fsp3) is 0.727. The Hall–Kier alpha value is -0.720. The molecule has 0 aromatic heterocycles. The quantitative estimate of drug-likeness (QED) is 0.475. The molecule has 0 atom stereocenters. The number of hydrogen-bond donors (Lipinski definition) is 0. The molecule has 0 amide bonds. The molecule has 74 valence electrons. The van der Waals surface area contributed by atoms with Gasteiger partial charge in [-0.3, -0.25) is 0 Å². The summed E-state index contributed by atoms with van der Waals surface area (Å²) >= 11 is 0. The molecular weight excluding hydrogens is 162 g/mol. The third-order valence-electron chi connectivity index (χ3n) is 2.31. The predicted octanol–water partition coefficient (Wildman–Crippen LogP) is 2.03. The smallest absolute Gasteiger partial charge is 0.139 e. The van der Waals surface area contributed by atoms with Gasteiger partial charge in [-0.15, -0.1) is 0 Å².